The van der Waals surface area contributed by atoms with Crippen molar-refractivity contribution in [2.24, 2.45) is 5.10 Å². The third-order valence-electron chi connectivity index (χ3n) is 5.08. The molecule has 0 radical (unpaired) electrons. The molecular formula is C24H18N2O2. The van der Waals surface area contributed by atoms with Gasteiger partial charge in [0.15, 0.2) is 0 Å². The molecule has 0 saturated heterocycles. The molecular weight excluding hydrogens is 348 g/mol. The Morgan fingerprint density at radius 2 is 1.54 bits per heavy atom. The van der Waals surface area contributed by atoms with Crippen molar-refractivity contribution in [1.82, 2.24) is 0 Å². The van der Waals surface area contributed by atoms with Crippen LogP contribution in [0.1, 0.15) is 23.6 Å². The SMILES string of the molecule is O=c1cc(C2=NN(c3ccccc3)C(c3ccccc3)C2)c2ccccc2o1. The summed E-state index contributed by atoms with van der Waals surface area (Å²) in [6.45, 7) is 0. The lowest BCUT2D eigenvalue weighted by molar-refractivity contribution is 0.560. The molecule has 3 aromatic carbocycles. The Bertz CT molecular complexity index is 1210. The molecule has 5 rings (SSSR count). The first-order valence-corrected chi connectivity index (χ1v) is 9.29. The molecule has 1 aromatic heterocycles. The molecule has 1 unspecified atom stereocenters. The molecule has 0 bridgehead atoms. The van der Waals surface area contributed by atoms with Crippen molar-refractivity contribution in [1.29, 1.82) is 0 Å². The fourth-order valence-electron chi connectivity index (χ4n) is 3.78. The van der Waals surface area contributed by atoms with Crippen molar-refractivity contribution in [2.75, 3.05) is 5.01 Å². The summed E-state index contributed by atoms with van der Waals surface area (Å²) in [4.78, 5) is 12.1. The van der Waals surface area contributed by atoms with E-state index >= 15 is 0 Å². The highest BCUT2D eigenvalue weighted by Crippen LogP contribution is 2.37. The minimum absolute atomic E-state index is 0.0737. The Balaban J connectivity index is 1.66. The summed E-state index contributed by atoms with van der Waals surface area (Å²) >= 11 is 0. The van der Waals surface area contributed by atoms with Gasteiger partial charge in [-0.05, 0) is 23.8 Å². The van der Waals surface area contributed by atoms with Crippen LogP contribution in [0.2, 0.25) is 0 Å². The topological polar surface area (TPSA) is 45.8 Å². The van der Waals surface area contributed by atoms with E-state index in [9.17, 15) is 4.79 Å². The molecule has 136 valence electrons. The van der Waals surface area contributed by atoms with Crippen molar-refractivity contribution >= 4 is 22.4 Å². The van der Waals surface area contributed by atoms with Crippen LogP contribution in [0.5, 0.6) is 0 Å². The minimum Gasteiger partial charge on any atom is -0.423 e. The number of hydrogen-bond acceptors (Lipinski definition) is 4. The summed E-state index contributed by atoms with van der Waals surface area (Å²) in [6, 6.07) is 29.7. The van der Waals surface area contributed by atoms with Crippen LogP contribution in [-0.2, 0) is 0 Å². The van der Waals surface area contributed by atoms with Gasteiger partial charge in [-0.25, -0.2) is 4.79 Å². The van der Waals surface area contributed by atoms with Gasteiger partial charge in [0.25, 0.3) is 0 Å². The van der Waals surface area contributed by atoms with Gasteiger partial charge >= 0.3 is 5.63 Å². The van der Waals surface area contributed by atoms with Crippen molar-refractivity contribution in [3.8, 4) is 0 Å². The van der Waals surface area contributed by atoms with Gasteiger partial charge in [0.2, 0.25) is 0 Å². The summed E-state index contributed by atoms with van der Waals surface area (Å²) in [5.41, 5.74) is 4.18. The van der Waals surface area contributed by atoms with Crippen LogP contribution < -0.4 is 10.6 Å². The van der Waals surface area contributed by atoms with Crippen LogP contribution in [0.15, 0.2) is 105 Å². The van der Waals surface area contributed by atoms with Gasteiger partial charge in [0.05, 0.1) is 17.4 Å². The van der Waals surface area contributed by atoms with Gasteiger partial charge in [0.1, 0.15) is 5.58 Å². The third-order valence-corrected chi connectivity index (χ3v) is 5.08. The molecule has 4 heteroatoms. The van der Waals surface area contributed by atoms with E-state index < -0.39 is 0 Å². The summed E-state index contributed by atoms with van der Waals surface area (Å²) in [6.07, 6.45) is 0.715. The van der Waals surface area contributed by atoms with E-state index in [4.69, 9.17) is 9.52 Å². The first-order valence-electron chi connectivity index (χ1n) is 9.29. The fraction of sp³-hybridized carbons (Fsp3) is 0.0833. The maximum absolute atomic E-state index is 12.1. The van der Waals surface area contributed by atoms with Crippen LogP contribution >= 0.6 is 0 Å². The average molecular weight is 366 g/mol. The van der Waals surface area contributed by atoms with E-state index in [0.717, 1.165) is 22.3 Å². The second-order valence-corrected chi connectivity index (χ2v) is 6.83. The Morgan fingerprint density at radius 3 is 2.32 bits per heavy atom. The second kappa shape index (κ2) is 6.82. The maximum Gasteiger partial charge on any atom is 0.336 e. The number of anilines is 1. The number of nitrogens with zero attached hydrogens (tertiary/aromatic N) is 2. The smallest absolute Gasteiger partial charge is 0.336 e. The number of para-hydroxylation sites is 2. The zero-order valence-corrected chi connectivity index (χ0v) is 15.2. The van der Waals surface area contributed by atoms with Crippen LogP contribution in [0.4, 0.5) is 5.69 Å². The third kappa shape index (κ3) is 2.89. The van der Waals surface area contributed by atoms with Crippen LogP contribution in [0, 0.1) is 0 Å². The standard InChI is InChI=1S/C24H18N2O2/c27-24-15-20(19-13-7-8-14-23(19)28-24)21-16-22(17-9-3-1-4-10-17)26(25-21)18-11-5-2-6-12-18/h1-15,22H,16H2. The minimum atomic E-state index is -0.356. The van der Waals surface area contributed by atoms with Crippen LogP contribution in [-0.4, -0.2) is 5.71 Å². The molecule has 0 N–H and O–H groups in total. The van der Waals surface area contributed by atoms with E-state index in [0.29, 0.717) is 12.0 Å². The molecule has 4 aromatic rings. The summed E-state index contributed by atoms with van der Waals surface area (Å²) in [7, 11) is 0. The number of fused-ring (bicyclic) bond motifs is 1. The molecule has 0 amide bonds. The van der Waals surface area contributed by atoms with E-state index in [-0.39, 0.29) is 11.7 Å². The molecule has 2 heterocycles. The Kier molecular flexibility index (Phi) is 4.02. The van der Waals surface area contributed by atoms with E-state index in [1.54, 1.807) is 6.07 Å². The van der Waals surface area contributed by atoms with Gasteiger partial charge < -0.3 is 4.42 Å². The van der Waals surface area contributed by atoms with E-state index in [1.807, 2.05) is 65.7 Å². The predicted octanol–water partition coefficient (Wildman–Crippen LogP) is 5.15. The lowest BCUT2D eigenvalue weighted by Gasteiger charge is -2.23. The molecule has 1 atom stereocenters. The first kappa shape index (κ1) is 16.5. The number of hydrazone groups is 1. The predicted molar refractivity (Wildman–Crippen MR) is 112 cm³/mol. The largest absolute Gasteiger partial charge is 0.423 e. The van der Waals surface area contributed by atoms with Crippen LogP contribution in [0.3, 0.4) is 0 Å². The monoisotopic (exact) mass is 366 g/mol. The van der Waals surface area contributed by atoms with Gasteiger partial charge in [-0.3, -0.25) is 5.01 Å². The van der Waals surface area contributed by atoms with Crippen molar-refractivity contribution in [3.05, 3.63) is 113 Å². The maximum atomic E-state index is 12.1. The van der Waals surface area contributed by atoms with Crippen LogP contribution in [0.25, 0.3) is 11.0 Å². The Labute approximate surface area is 162 Å². The van der Waals surface area contributed by atoms with Crippen molar-refractivity contribution in [2.45, 2.75) is 12.5 Å². The Morgan fingerprint density at radius 1 is 0.857 bits per heavy atom. The van der Waals surface area contributed by atoms with E-state index in [1.165, 1.54) is 5.56 Å². The highest BCUT2D eigenvalue weighted by molar-refractivity contribution is 6.11. The van der Waals surface area contributed by atoms with Crippen molar-refractivity contribution in [3.63, 3.8) is 0 Å². The quantitative estimate of drug-likeness (QED) is 0.471. The number of rotatable bonds is 3. The lowest BCUT2D eigenvalue weighted by Crippen LogP contribution is -2.18. The van der Waals surface area contributed by atoms with Gasteiger partial charge in [-0.15, -0.1) is 0 Å². The molecule has 0 saturated carbocycles. The van der Waals surface area contributed by atoms with Gasteiger partial charge in [0, 0.05) is 23.4 Å². The van der Waals surface area contributed by atoms with Crippen molar-refractivity contribution < 1.29 is 4.42 Å². The molecule has 0 aliphatic carbocycles. The molecule has 1 aliphatic heterocycles. The highest BCUT2D eigenvalue weighted by Gasteiger charge is 2.30. The zero-order valence-electron chi connectivity index (χ0n) is 15.2. The second-order valence-electron chi connectivity index (χ2n) is 6.83. The molecule has 4 nitrogen and oxygen atoms in total. The molecule has 1 aliphatic rings. The number of hydrogen-bond donors (Lipinski definition) is 0. The summed E-state index contributed by atoms with van der Waals surface area (Å²) in [5, 5.41) is 7.90. The van der Waals surface area contributed by atoms with Gasteiger partial charge in [-0.2, -0.15) is 5.10 Å². The zero-order chi connectivity index (χ0) is 18.9. The number of benzene rings is 3. The normalized spacial score (nSPS) is 16.4. The molecule has 28 heavy (non-hydrogen) atoms. The summed E-state index contributed by atoms with van der Waals surface area (Å²) in [5.74, 6) is 0. The average Bonchev–Trinajstić information content (AvgIpc) is 3.20. The summed E-state index contributed by atoms with van der Waals surface area (Å²) < 4.78 is 5.36. The molecule has 0 fully saturated rings. The van der Waals surface area contributed by atoms with Gasteiger partial charge in [-0.1, -0.05) is 66.7 Å². The van der Waals surface area contributed by atoms with E-state index in [2.05, 4.69) is 24.3 Å². The molecule has 0 spiro atoms. The first-order chi connectivity index (χ1) is 13.8. The Hall–Kier alpha value is -3.66. The fourth-order valence-corrected chi connectivity index (χ4v) is 3.78. The lowest BCUT2D eigenvalue weighted by atomic mass is 9.97. The highest BCUT2D eigenvalue weighted by atomic mass is 16.4.